The molecule has 9 nitrogen and oxygen atoms in total. The van der Waals surface area contributed by atoms with Crippen LogP contribution < -0.4 is 0 Å². The first-order chi connectivity index (χ1) is 13.1. The smallest absolute Gasteiger partial charge is 0.433 e. The number of rotatable bonds is 5. The fourth-order valence-corrected chi connectivity index (χ4v) is 3.04. The van der Waals surface area contributed by atoms with Crippen molar-refractivity contribution in [3.63, 3.8) is 0 Å². The zero-order valence-corrected chi connectivity index (χ0v) is 16.4. The predicted molar refractivity (Wildman–Crippen MR) is 103 cm³/mol. The van der Waals surface area contributed by atoms with E-state index in [9.17, 15) is 14.9 Å². The number of hydrogen-bond acceptors (Lipinski definition) is 6. The maximum absolute atomic E-state index is 11.7. The molecule has 1 aliphatic rings. The van der Waals surface area contributed by atoms with Gasteiger partial charge in [-0.3, -0.25) is 14.8 Å². The lowest BCUT2D eigenvalue weighted by atomic mass is 9.83. The standard InChI is InChI=1S/C19H24N4O5/c1-19(2,3)28-18(24)20-9-13-5-6-16(13)27-11-12-7-14-10-22(4)21-17(14)15(8-12)23(25)26/h7-10,13,16H,5-6,11H2,1-4H3/b20-9+/t13?,16-/m1/s1. The molecule has 9 heteroatoms. The van der Waals surface area contributed by atoms with Crippen molar-refractivity contribution < 1.29 is 19.2 Å². The Kier molecular flexibility index (Phi) is 5.46. The molecule has 3 rings (SSSR count). The van der Waals surface area contributed by atoms with Crippen molar-refractivity contribution in [1.29, 1.82) is 0 Å². The highest BCUT2D eigenvalue weighted by atomic mass is 16.6. The first kappa shape index (κ1) is 19.9. The van der Waals surface area contributed by atoms with Gasteiger partial charge in [0.2, 0.25) is 0 Å². The summed E-state index contributed by atoms with van der Waals surface area (Å²) in [6, 6.07) is 3.34. The lowest BCUT2D eigenvalue weighted by Gasteiger charge is -2.33. The fourth-order valence-electron chi connectivity index (χ4n) is 3.04. The van der Waals surface area contributed by atoms with E-state index in [2.05, 4.69) is 10.1 Å². The molecule has 0 aliphatic heterocycles. The molecule has 150 valence electrons. The van der Waals surface area contributed by atoms with Crippen molar-refractivity contribution in [2.75, 3.05) is 0 Å². The molecule has 2 atom stereocenters. The number of aliphatic imine (C=N–C) groups is 1. The van der Waals surface area contributed by atoms with E-state index in [0.717, 1.165) is 12.8 Å². The SMILES string of the molecule is Cn1cc2cc(CO[C@@H]3CCC3/C=N/C(=O)OC(C)(C)C)cc([N+](=O)[O-])c2n1. The van der Waals surface area contributed by atoms with Gasteiger partial charge in [0.1, 0.15) is 5.60 Å². The molecule has 2 aromatic rings. The molecule has 1 fully saturated rings. The summed E-state index contributed by atoms with van der Waals surface area (Å²) in [5.74, 6) is 0.0321. The highest BCUT2D eigenvalue weighted by Crippen LogP contribution is 2.31. The second kappa shape index (κ2) is 7.67. The average Bonchev–Trinajstić information content (AvgIpc) is 2.91. The molecule has 28 heavy (non-hydrogen) atoms. The van der Waals surface area contributed by atoms with Gasteiger partial charge < -0.3 is 9.47 Å². The second-order valence-electron chi connectivity index (χ2n) is 7.96. The summed E-state index contributed by atoms with van der Waals surface area (Å²) in [7, 11) is 1.73. The van der Waals surface area contributed by atoms with Crippen LogP contribution >= 0.6 is 0 Å². The van der Waals surface area contributed by atoms with Crippen LogP contribution in [0.3, 0.4) is 0 Å². The number of aryl methyl sites for hydroxylation is 1. The first-order valence-electron chi connectivity index (χ1n) is 9.12. The summed E-state index contributed by atoms with van der Waals surface area (Å²) in [6.07, 6.45) is 4.35. The minimum Gasteiger partial charge on any atom is -0.442 e. The Hall–Kier alpha value is -2.81. The number of ether oxygens (including phenoxy) is 2. The third kappa shape index (κ3) is 4.72. The average molecular weight is 388 g/mol. The van der Waals surface area contributed by atoms with Gasteiger partial charge in [0.05, 0.1) is 17.6 Å². The molecule has 1 aromatic carbocycles. The zero-order chi connectivity index (χ0) is 20.5. The van der Waals surface area contributed by atoms with Crippen molar-refractivity contribution >= 4 is 28.9 Å². The molecule has 0 spiro atoms. The molecule has 1 heterocycles. The zero-order valence-electron chi connectivity index (χ0n) is 16.4. The van der Waals surface area contributed by atoms with E-state index in [-0.39, 0.29) is 24.3 Å². The number of aromatic nitrogens is 2. The minimum absolute atomic E-state index is 0.0321. The maximum atomic E-state index is 11.7. The molecule has 1 saturated carbocycles. The molecule has 0 bridgehead atoms. The fraction of sp³-hybridized carbons (Fsp3) is 0.526. The topological polar surface area (TPSA) is 109 Å². The van der Waals surface area contributed by atoms with Gasteiger partial charge in [-0.15, -0.1) is 0 Å². The molecular weight excluding hydrogens is 364 g/mol. The molecular formula is C19H24N4O5. The molecule has 1 aromatic heterocycles. The number of non-ortho nitro benzene ring substituents is 1. The van der Waals surface area contributed by atoms with Crippen LogP contribution in [0.4, 0.5) is 10.5 Å². The summed E-state index contributed by atoms with van der Waals surface area (Å²) in [6.45, 7) is 5.60. The van der Waals surface area contributed by atoms with Crippen LogP contribution in [0.25, 0.3) is 10.9 Å². The number of fused-ring (bicyclic) bond motifs is 1. The van der Waals surface area contributed by atoms with Gasteiger partial charge in [-0.05, 0) is 45.2 Å². The quantitative estimate of drug-likeness (QED) is 0.438. The van der Waals surface area contributed by atoms with E-state index in [0.29, 0.717) is 16.5 Å². The summed E-state index contributed by atoms with van der Waals surface area (Å²) >= 11 is 0. The molecule has 0 radical (unpaired) electrons. The van der Waals surface area contributed by atoms with Crippen LogP contribution in [0, 0.1) is 16.0 Å². The van der Waals surface area contributed by atoms with Gasteiger partial charge in [0.25, 0.3) is 5.69 Å². The van der Waals surface area contributed by atoms with E-state index in [1.165, 1.54) is 6.07 Å². The van der Waals surface area contributed by atoms with Crippen molar-refractivity contribution in [3.8, 4) is 0 Å². The van der Waals surface area contributed by atoms with E-state index in [4.69, 9.17) is 9.47 Å². The first-order valence-corrected chi connectivity index (χ1v) is 9.12. The number of carbonyl (C=O) groups excluding carboxylic acids is 1. The number of amides is 1. The molecule has 0 N–H and O–H groups in total. The monoisotopic (exact) mass is 388 g/mol. The van der Waals surface area contributed by atoms with Crippen molar-refractivity contribution in [3.05, 3.63) is 34.0 Å². The van der Waals surface area contributed by atoms with Crippen molar-refractivity contribution in [2.45, 2.75) is 51.9 Å². The van der Waals surface area contributed by atoms with Gasteiger partial charge in [-0.1, -0.05) is 0 Å². The lowest BCUT2D eigenvalue weighted by Crippen LogP contribution is -2.35. The van der Waals surface area contributed by atoms with Gasteiger partial charge in [-0.25, -0.2) is 4.79 Å². The Morgan fingerprint density at radius 2 is 2.18 bits per heavy atom. The molecule has 0 saturated heterocycles. The van der Waals surface area contributed by atoms with E-state index in [1.807, 2.05) is 6.07 Å². The third-order valence-corrected chi connectivity index (χ3v) is 4.45. The normalized spacial score (nSPS) is 19.7. The summed E-state index contributed by atoms with van der Waals surface area (Å²) in [5, 5.41) is 16.2. The molecule has 1 amide bonds. The van der Waals surface area contributed by atoms with Crippen LogP contribution in [0.2, 0.25) is 0 Å². The second-order valence-corrected chi connectivity index (χ2v) is 7.96. The Morgan fingerprint density at radius 1 is 1.43 bits per heavy atom. The largest absolute Gasteiger partial charge is 0.442 e. The van der Waals surface area contributed by atoms with Crippen LogP contribution in [0.1, 0.15) is 39.2 Å². The molecule has 1 unspecified atom stereocenters. The Labute approximate surface area is 162 Å². The number of nitrogens with zero attached hydrogens (tertiary/aromatic N) is 4. The Morgan fingerprint density at radius 3 is 2.79 bits per heavy atom. The Balaban J connectivity index is 1.63. The summed E-state index contributed by atoms with van der Waals surface area (Å²) in [4.78, 5) is 26.4. The van der Waals surface area contributed by atoms with Crippen LogP contribution in [-0.4, -0.2) is 38.7 Å². The number of nitro benzene ring substituents is 1. The Bertz CT molecular complexity index is 928. The molecule has 1 aliphatic carbocycles. The van der Waals surface area contributed by atoms with Crippen molar-refractivity contribution in [2.24, 2.45) is 18.0 Å². The maximum Gasteiger partial charge on any atom is 0.433 e. The van der Waals surface area contributed by atoms with Crippen LogP contribution in [-0.2, 0) is 23.1 Å². The highest BCUT2D eigenvalue weighted by molar-refractivity contribution is 5.87. The van der Waals surface area contributed by atoms with E-state index >= 15 is 0 Å². The third-order valence-electron chi connectivity index (χ3n) is 4.45. The van der Waals surface area contributed by atoms with Crippen LogP contribution in [0.15, 0.2) is 23.3 Å². The minimum atomic E-state index is -0.615. The number of nitro groups is 1. The summed E-state index contributed by atoms with van der Waals surface area (Å²) < 4.78 is 12.6. The van der Waals surface area contributed by atoms with Crippen LogP contribution in [0.5, 0.6) is 0 Å². The number of hydrogen-bond donors (Lipinski definition) is 0. The highest BCUT2D eigenvalue weighted by Gasteiger charge is 2.31. The lowest BCUT2D eigenvalue weighted by molar-refractivity contribution is -0.383. The van der Waals surface area contributed by atoms with Gasteiger partial charge >= 0.3 is 6.09 Å². The number of carbonyl (C=O) groups is 1. The van der Waals surface area contributed by atoms with E-state index < -0.39 is 16.6 Å². The summed E-state index contributed by atoms with van der Waals surface area (Å²) in [5.41, 5.74) is 0.460. The van der Waals surface area contributed by atoms with E-state index in [1.54, 1.807) is 44.9 Å². The van der Waals surface area contributed by atoms with Gasteiger partial charge in [0, 0.05) is 36.8 Å². The van der Waals surface area contributed by atoms with Gasteiger partial charge in [-0.2, -0.15) is 10.1 Å². The number of benzene rings is 1. The predicted octanol–water partition coefficient (Wildman–Crippen LogP) is 3.78. The van der Waals surface area contributed by atoms with Gasteiger partial charge in [0.15, 0.2) is 5.52 Å². The van der Waals surface area contributed by atoms with Crippen molar-refractivity contribution in [1.82, 2.24) is 9.78 Å².